The van der Waals surface area contributed by atoms with Gasteiger partial charge < -0.3 is 15.4 Å². The second-order valence-electron chi connectivity index (χ2n) is 6.85. The molecular formula is C25H21FN2O4. The van der Waals surface area contributed by atoms with Crippen LogP contribution < -0.4 is 15.4 Å². The number of nitrogens with one attached hydrogen (secondary N) is 2. The van der Waals surface area contributed by atoms with Crippen LogP contribution in [0.15, 0.2) is 78.9 Å². The van der Waals surface area contributed by atoms with Crippen molar-refractivity contribution >= 4 is 29.5 Å². The molecule has 0 aliphatic rings. The Hall–Kier alpha value is -4.26. The highest BCUT2D eigenvalue weighted by Crippen LogP contribution is 2.15. The van der Waals surface area contributed by atoms with Crippen molar-refractivity contribution in [3.05, 3.63) is 101 Å². The molecule has 0 heterocycles. The highest BCUT2D eigenvalue weighted by Gasteiger charge is 2.08. The number of hydrogen-bond acceptors (Lipinski definition) is 4. The zero-order valence-corrected chi connectivity index (χ0v) is 17.3. The summed E-state index contributed by atoms with van der Waals surface area (Å²) in [5.41, 5.74) is 1.98. The lowest BCUT2D eigenvalue weighted by Gasteiger charge is -2.09. The van der Waals surface area contributed by atoms with E-state index in [2.05, 4.69) is 10.6 Å². The molecule has 7 heteroatoms. The number of esters is 1. The third-order valence-electron chi connectivity index (χ3n) is 4.32. The van der Waals surface area contributed by atoms with Crippen LogP contribution in [0.5, 0.6) is 5.75 Å². The maximum atomic E-state index is 13.6. The van der Waals surface area contributed by atoms with Gasteiger partial charge in [0.15, 0.2) is 0 Å². The highest BCUT2D eigenvalue weighted by atomic mass is 19.1. The fourth-order valence-electron chi connectivity index (χ4n) is 2.87. The summed E-state index contributed by atoms with van der Waals surface area (Å²) in [7, 11) is 0. The lowest BCUT2D eigenvalue weighted by Crippen LogP contribution is -2.23. The second kappa shape index (κ2) is 10.7. The molecule has 0 radical (unpaired) electrons. The fraction of sp³-hybridized carbons (Fsp3) is 0.0800. The molecule has 2 N–H and O–H groups in total. The van der Waals surface area contributed by atoms with Crippen LogP contribution >= 0.6 is 0 Å². The number of hydrogen-bond donors (Lipinski definition) is 2. The highest BCUT2D eigenvalue weighted by molar-refractivity contribution is 6.02. The van der Waals surface area contributed by atoms with Gasteiger partial charge >= 0.3 is 5.97 Å². The van der Waals surface area contributed by atoms with Crippen molar-refractivity contribution < 1.29 is 23.5 Å². The van der Waals surface area contributed by atoms with Gasteiger partial charge in [-0.1, -0.05) is 36.4 Å². The van der Waals surface area contributed by atoms with Gasteiger partial charge in [-0.2, -0.15) is 0 Å². The Kier molecular flexibility index (Phi) is 7.48. The second-order valence-corrected chi connectivity index (χ2v) is 6.85. The van der Waals surface area contributed by atoms with Crippen LogP contribution in [0.25, 0.3) is 6.08 Å². The monoisotopic (exact) mass is 432 g/mol. The maximum absolute atomic E-state index is 13.6. The standard InChI is InChI=1S/C25H21FN2O4/c1-17(29)32-22-10-5-8-20(15-22)25(31)27-16-18-6-4-9-21(14-18)28-24(30)13-12-19-7-2-3-11-23(19)26/h2-15H,16H2,1H3,(H,27,31)(H,28,30)/b13-12+. The van der Waals surface area contributed by atoms with Gasteiger partial charge in [0.25, 0.3) is 5.91 Å². The number of rotatable bonds is 7. The average Bonchev–Trinajstić information content (AvgIpc) is 2.77. The minimum Gasteiger partial charge on any atom is -0.427 e. The molecule has 0 bridgehead atoms. The Morgan fingerprint density at radius 1 is 0.969 bits per heavy atom. The Labute approximate surface area is 184 Å². The fourth-order valence-corrected chi connectivity index (χ4v) is 2.87. The molecule has 32 heavy (non-hydrogen) atoms. The number of ether oxygens (including phenoxy) is 1. The molecule has 0 fully saturated rings. The minimum atomic E-state index is -0.467. The van der Waals surface area contributed by atoms with Crippen molar-refractivity contribution in [1.29, 1.82) is 0 Å². The summed E-state index contributed by atoms with van der Waals surface area (Å²) < 4.78 is 18.6. The molecule has 0 saturated heterocycles. The quantitative estimate of drug-likeness (QED) is 0.331. The first-order chi connectivity index (χ1) is 15.4. The molecule has 0 spiro atoms. The van der Waals surface area contributed by atoms with Crippen LogP contribution in [0.3, 0.4) is 0 Å². The van der Waals surface area contributed by atoms with E-state index in [-0.39, 0.29) is 12.5 Å². The number of halogens is 1. The molecule has 3 aromatic carbocycles. The van der Waals surface area contributed by atoms with Crippen LogP contribution in [-0.4, -0.2) is 17.8 Å². The van der Waals surface area contributed by atoms with Gasteiger partial charge in [-0.05, 0) is 48.0 Å². The molecule has 6 nitrogen and oxygen atoms in total. The molecule has 0 aliphatic carbocycles. The first kappa shape index (κ1) is 22.4. The van der Waals surface area contributed by atoms with Crippen molar-refractivity contribution in [2.75, 3.05) is 5.32 Å². The summed E-state index contributed by atoms with van der Waals surface area (Å²) in [6.45, 7) is 1.51. The third-order valence-corrected chi connectivity index (χ3v) is 4.32. The summed E-state index contributed by atoms with van der Waals surface area (Å²) in [4.78, 5) is 35.6. The Morgan fingerprint density at radius 3 is 2.53 bits per heavy atom. The van der Waals surface area contributed by atoms with E-state index in [4.69, 9.17) is 4.74 Å². The molecule has 0 aromatic heterocycles. The van der Waals surface area contributed by atoms with E-state index < -0.39 is 17.7 Å². The summed E-state index contributed by atoms with van der Waals surface area (Å²) in [6, 6.07) is 19.5. The van der Waals surface area contributed by atoms with Gasteiger partial charge in [-0.15, -0.1) is 0 Å². The normalized spacial score (nSPS) is 10.6. The van der Waals surface area contributed by atoms with E-state index in [1.165, 1.54) is 31.2 Å². The topological polar surface area (TPSA) is 84.5 Å². The van der Waals surface area contributed by atoms with E-state index in [9.17, 15) is 18.8 Å². The van der Waals surface area contributed by atoms with Crippen LogP contribution in [-0.2, 0) is 16.1 Å². The van der Waals surface area contributed by atoms with E-state index in [0.29, 0.717) is 22.6 Å². The Bertz CT molecular complexity index is 1170. The number of benzene rings is 3. The zero-order chi connectivity index (χ0) is 22.9. The molecule has 2 amide bonds. The Balaban J connectivity index is 1.58. The SMILES string of the molecule is CC(=O)Oc1cccc(C(=O)NCc2cccc(NC(=O)/C=C/c3ccccc3F)c2)c1. The van der Waals surface area contributed by atoms with Gasteiger partial charge in [-0.3, -0.25) is 14.4 Å². The van der Waals surface area contributed by atoms with E-state index in [1.54, 1.807) is 60.7 Å². The van der Waals surface area contributed by atoms with Gasteiger partial charge in [0.2, 0.25) is 5.91 Å². The summed E-state index contributed by atoms with van der Waals surface area (Å²) in [5, 5.41) is 5.49. The molecule has 0 saturated carbocycles. The molecule has 3 aromatic rings. The number of anilines is 1. The van der Waals surface area contributed by atoms with Crippen LogP contribution in [0.4, 0.5) is 10.1 Å². The number of amides is 2. The van der Waals surface area contributed by atoms with E-state index in [1.807, 2.05) is 0 Å². The predicted molar refractivity (Wildman–Crippen MR) is 119 cm³/mol. The van der Waals surface area contributed by atoms with Gasteiger partial charge in [0.05, 0.1) is 0 Å². The summed E-state index contributed by atoms with van der Waals surface area (Å²) >= 11 is 0. The number of carbonyl (C=O) groups excluding carboxylic acids is 3. The first-order valence-electron chi connectivity index (χ1n) is 9.80. The summed E-state index contributed by atoms with van der Waals surface area (Å²) in [5.74, 6) is -1.32. The number of carbonyl (C=O) groups is 3. The van der Waals surface area contributed by atoms with Crippen LogP contribution in [0, 0.1) is 5.82 Å². The van der Waals surface area contributed by atoms with Gasteiger partial charge in [-0.25, -0.2) is 4.39 Å². The van der Waals surface area contributed by atoms with Crippen molar-refractivity contribution in [1.82, 2.24) is 5.32 Å². The average molecular weight is 432 g/mol. The smallest absolute Gasteiger partial charge is 0.308 e. The van der Waals surface area contributed by atoms with E-state index >= 15 is 0 Å². The zero-order valence-electron chi connectivity index (χ0n) is 17.3. The van der Waals surface area contributed by atoms with Crippen molar-refractivity contribution in [2.45, 2.75) is 13.5 Å². The largest absolute Gasteiger partial charge is 0.427 e. The first-order valence-corrected chi connectivity index (χ1v) is 9.80. The van der Waals surface area contributed by atoms with Gasteiger partial charge in [0.1, 0.15) is 11.6 Å². The Morgan fingerprint density at radius 2 is 1.75 bits per heavy atom. The predicted octanol–water partition coefficient (Wildman–Crippen LogP) is 4.33. The lowest BCUT2D eigenvalue weighted by molar-refractivity contribution is -0.131. The van der Waals surface area contributed by atoms with Crippen LogP contribution in [0.2, 0.25) is 0 Å². The molecule has 0 aliphatic heterocycles. The molecule has 162 valence electrons. The molecule has 0 atom stereocenters. The molecular weight excluding hydrogens is 411 g/mol. The van der Waals surface area contributed by atoms with Crippen LogP contribution in [0.1, 0.15) is 28.4 Å². The molecule has 0 unspecified atom stereocenters. The third kappa shape index (κ3) is 6.63. The molecule has 3 rings (SSSR count). The minimum absolute atomic E-state index is 0.228. The lowest BCUT2D eigenvalue weighted by atomic mass is 10.1. The van der Waals surface area contributed by atoms with Crippen molar-refractivity contribution in [3.8, 4) is 5.75 Å². The van der Waals surface area contributed by atoms with Gasteiger partial charge in [0, 0.05) is 36.4 Å². The van der Waals surface area contributed by atoms with E-state index in [0.717, 1.165) is 5.56 Å². The maximum Gasteiger partial charge on any atom is 0.308 e. The van der Waals surface area contributed by atoms with Crippen molar-refractivity contribution in [2.24, 2.45) is 0 Å². The summed E-state index contributed by atoms with van der Waals surface area (Å²) in [6.07, 6.45) is 2.65. The van der Waals surface area contributed by atoms with Crippen molar-refractivity contribution in [3.63, 3.8) is 0 Å².